The molecule has 0 radical (unpaired) electrons. The van der Waals surface area contributed by atoms with Crippen LogP contribution in [0.5, 0.6) is 0 Å². The number of carbonyl (C=O) groups is 2. The summed E-state index contributed by atoms with van der Waals surface area (Å²) in [5.74, 6) is -0.176. The van der Waals surface area contributed by atoms with Gasteiger partial charge in [0.25, 0.3) is 0 Å². The maximum Gasteiger partial charge on any atom is 0.338 e. The lowest BCUT2D eigenvalue weighted by Gasteiger charge is -2.48. The zero-order valence-electron chi connectivity index (χ0n) is 21.5. The normalized spacial score (nSPS) is 22.5. The lowest BCUT2D eigenvalue weighted by atomic mass is 9.82. The van der Waals surface area contributed by atoms with Crippen LogP contribution in [0.15, 0.2) is 48.5 Å². The van der Waals surface area contributed by atoms with Crippen molar-refractivity contribution in [3.05, 3.63) is 65.2 Å². The molecular formula is C29H39N3O3. The van der Waals surface area contributed by atoms with Crippen molar-refractivity contribution in [2.75, 3.05) is 32.5 Å². The lowest BCUT2D eigenvalue weighted by molar-refractivity contribution is -0.130. The summed E-state index contributed by atoms with van der Waals surface area (Å²) in [5, 5.41) is 3.25. The Balaban J connectivity index is 1.44. The molecule has 1 saturated carbocycles. The number of benzene rings is 2. The van der Waals surface area contributed by atoms with Crippen LogP contribution in [0.25, 0.3) is 0 Å². The third-order valence-electron chi connectivity index (χ3n) is 8.03. The number of para-hydroxylation sites is 1. The number of likely N-dealkylation sites (tertiary alicyclic amines) is 1. The molecule has 6 nitrogen and oxygen atoms in total. The van der Waals surface area contributed by atoms with E-state index in [1.54, 1.807) is 12.1 Å². The van der Waals surface area contributed by atoms with Gasteiger partial charge in [0, 0.05) is 24.8 Å². The highest BCUT2D eigenvalue weighted by Crippen LogP contribution is 2.34. The van der Waals surface area contributed by atoms with Crippen LogP contribution in [-0.4, -0.2) is 66.5 Å². The van der Waals surface area contributed by atoms with E-state index in [1.165, 1.54) is 0 Å². The van der Waals surface area contributed by atoms with Gasteiger partial charge in [0.05, 0.1) is 5.56 Å². The van der Waals surface area contributed by atoms with Gasteiger partial charge in [0.2, 0.25) is 5.91 Å². The zero-order valence-corrected chi connectivity index (χ0v) is 21.5. The topological polar surface area (TPSA) is 61.9 Å². The van der Waals surface area contributed by atoms with E-state index < -0.39 is 5.54 Å². The van der Waals surface area contributed by atoms with Gasteiger partial charge < -0.3 is 10.1 Å². The molecule has 2 aromatic carbocycles. The maximum absolute atomic E-state index is 13.6. The summed E-state index contributed by atoms with van der Waals surface area (Å²) in [6.07, 6.45) is 5.52. The minimum Gasteiger partial charge on any atom is -0.457 e. The molecule has 2 aromatic rings. The molecule has 0 aromatic heterocycles. The Hall–Kier alpha value is -2.70. The molecule has 1 N–H and O–H groups in total. The molecule has 0 spiro atoms. The lowest BCUT2D eigenvalue weighted by Crippen LogP contribution is -2.62. The third-order valence-corrected chi connectivity index (χ3v) is 8.03. The van der Waals surface area contributed by atoms with Crippen molar-refractivity contribution in [1.29, 1.82) is 0 Å². The van der Waals surface area contributed by atoms with Crippen LogP contribution >= 0.6 is 0 Å². The Labute approximate surface area is 209 Å². The number of carbonyl (C=O) groups excluding carboxylic acids is 2. The van der Waals surface area contributed by atoms with E-state index in [9.17, 15) is 9.59 Å². The zero-order chi connectivity index (χ0) is 25.0. The Morgan fingerprint density at radius 1 is 0.943 bits per heavy atom. The van der Waals surface area contributed by atoms with Gasteiger partial charge in [0.1, 0.15) is 11.6 Å². The van der Waals surface area contributed by atoms with Gasteiger partial charge in [-0.1, -0.05) is 42.8 Å². The molecular weight excluding hydrogens is 438 g/mol. The standard InChI is InChI=1S/C29H39N3O3/c1-21-11-10-12-22(2)26(21)30-28(34)29(31(3)4)17-19-32(20-18-29)24-15-8-9-16-25(24)35-27(33)23-13-6-5-7-14-23/h5-7,10-14,24-25H,8-9,15-20H2,1-4H3,(H,30,34)/t24-,25-/m1/s1. The highest BCUT2D eigenvalue weighted by atomic mass is 16.5. The molecule has 1 aliphatic heterocycles. The van der Waals surface area contributed by atoms with Gasteiger partial charge >= 0.3 is 5.97 Å². The summed E-state index contributed by atoms with van der Waals surface area (Å²) in [5.41, 5.74) is 3.12. The number of anilines is 1. The molecule has 0 unspecified atom stereocenters. The Morgan fingerprint density at radius 2 is 1.57 bits per heavy atom. The van der Waals surface area contributed by atoms with Crippen LogP contribution < -0.4 is 5.32 Å². The van der Waals surface area contributed by atoms with Crippen LogP contribution in [0.3, 0.4) is 0 Å². The Kier molecular flexibility index (Phi) is 7.92. The molecule has 4 rings (SSSR count). The number of nitrogens with zero attached hydrogens (tertiary/aromatic N) is 2. The van der Waals surface area contributed by atoms with Crippen molar-refractivity contribution in [1.82, 2.24) is 9.80 Å². The van der Waals surface area contributed by atoms with E-state index in [4.69, 9.17) is 4.74 Å². The summed E-state index contributed by atoms with van der Waals surface area (Å²) in [4.78, 5) is 30.9. The fourth-order valence-corrected chi connectivity index (χ4v) is 5.76. The predicted octanol–water partition coefficient (Wildman–Crippen LogP) is 4.81. The van der Waals surface area contributed by atoms with E-state index in [0.717, 1.165) is 68.4 Å². The molecule has 0 bridgehead atoms. The molecule has 2 aliphatic rings. The molecule has 35 heavy (non-hydrogen) atoms. The van der Waals surface area contributed by atoms with E-state index >= 15 is 0 Å². The number of rotatable bonds is 6. The summed E-state index contributed by atoms with van der Waals surface area (Å²) in [6, 6.07) is 15.5. The quantitative estimate of drug-likeness (QED) is 0.605. The van der Waals surface area contributed by atoms with Crippen molar-refractivity contribution in [3.63, 3.8) is 0 Å². The fraction of sp³-hybridized carbons (Fsp3) is 0.517. The van der Waals surface area contributed by atoms with Crippen molar-refractivity contribution in [3.8, 4) is 0 Å². The number of aryl methyl sites for hydroxylation is 2. The number of esters is 1. The fourth-order valence-electron chi connectivity index (χ4n) is 5.76. The van der Waals surface area contributed by atoms with E-state index in [-0.39, 0.29) is 24.0 Å². The van der Waals surface area contributed by atoms with Gasteiger partial charge in [-0.05, 0) is 83.3 Å². The minimum absolute atomic E-state index is 0.0650. The summed E-state index contributed by atoms with van der Waals surface area (Å²) in [7, 11) is 4.01. The maximum atomic E-state index is 13.6. The van der Waals surface area contributed by atoms with Crippen molar-refractivity contribution < 1.29 is 14.3 Å². The van der Waals surface area contributed by atoms with Crippen LogP contribution in [0, 0.1) is 13.8 Å². The molecule has 188 valence electrons. The Morgan fingerprint density at radius 3 is 2.20 bits per heavy atom. The second kappa shape index (κ2) is 10.9. The van der Waals surface area contributed by atoms with Gasteiger partial charge in [0.15, 0.2) is 0 Å². The van der Waals surface area contributed by atoms with Gasteiger partial charge in [-0.2, -0.15) is 0 Å². The molecule has 1 saturated heterocycles. The average molecular weight is 478 g/mol. The molecule has 2 atom stereocenters. The van der Waals surface area contributed by atoms with Crippen LogP contribution in [0.4, 0.5) is 5.69 Å². The van der Waals surface area contributed by atoms with Gasteiger partial charge in [-0.25, -0.2) is 4.79 Å². The first-order chi connectivity index (χ1) is 16.8. The monoisotopic (exact) mass is 477 g/mol. The molecule has 1 heterocycles. The SMILES string of the molecule is Cc1cccc(C)c1NC(=O)C1(N(C)C)CCN([C@@H]2CCCC[C@H]2OC(=O)c2ccccc2)CC1. The number of piperidine rings is 1. The predicted molar refractivity (Wildman–Crippen MR) is 140 cm³/mol. The van der Waals surface area contributed by atoms with Crippen LogP contribution in [0.2, 0.25) is 0 Å². The number of ether oxygens (including phenoxy) is 1. The van der Waals surface area contributed by atoms with Crippen LogP contribution in [-0.2, 0) is 9.53 Å². The first-order valence-electron chi connectivity index (χ1n) is 12.9. The van der Waals surface area contributed by atoms with E-state index in [1.807, 2.05) is 64.3 Å². The summed E-state index contributed by atoms with van der Waals surface area (Å²) >= 11 is 0. The van der Waals surface area contributed by atoms with Crippen molar-refractivity contribution >= 4 is 17.6 Å². The second-order valence-corrected chi connectivity index (χ2v) is 10.3. The van der Waals surface area contributed by atoms with Crippen molar-refractivity contribution in [2.45, 2.75) is 70.1 Å². The summed E-state index contributed by atoms with van der Waals surface area (Å²) < 4.78 is 6.03. The number of hydrogen-bond acceptors (Lipinski definition) is 5. The van der Waals surface area contributed by atoms with Crippen LogP contribution in [0.1, 0.15) is 60.0 Å². The molecule has 6 heteroatoms. The summed E-state index contributed by atoms with van der Waals surface area (Å²) in [6.45, 7) is 5.69. The second-order valence-electron chi connectivity index (χ2n) is 10.3. The van der Waals surface area contributed by atoms with E-state index in [2.05, 4.69) is 15.1 Å². The molecule has 1 amide bonds. The highest BCUT2D eigenvalue weighted by molar-refractivity contribution is 5.99. The highest BCUT2D eigenvalue weighted by Gasteiger charge is 2.46. The van der Waals surface area contributed by atoms with E-state index in [0.29, 0.717) is 5.56 Å². The minimum atomic E-state index is -0.559. The third kappa shape index (κ3) is 5.44. The van der Waals surface area contributed by atoms with Crippen molar-refractivity contribution in [2.24, 2.45) is 0 Å². The molecule has 1 aliphatic carbocycles. The smallest absolute Gasteiger partial charge is 0.338 e. The number of likely N-dealkylation sites (N-methyl/N-ethyl adjacent to an activating group) is 1. The number of nitrogens with one attached hydrogen (secondary N) is 1. The Bertz CT molecular complexity index is 1010. The average Bonchev–Trinajstić information content (AvgIpc) is 2.87. The molecule has 2 fully saturated rings. The van der Waals surface area contributed by atoms with Gasteiger partial charge in [-0.3, -0.25) is 14.6 Å². The van der Waals surface area contributed by atoms with Gasteiger partial charge in [-0.15, -0.1) is 0 Å². The first kappa shape index (κ1) is 25.4. The number of amides is 1. The first-order valence-corrected chi connectivity index (χ1v) is 12.9. The number of hydrogen-bond donors (Lipinski definition) is 1. The largest absolute Gasteiger partial charge is 0.457 e.